The van der Waals surface area contributed by atoms with Gasteiger partial charge in [-0.05, 0) is 43.5 Å². The van der Waals surface area contributed by atoms with Gasteiger partial charge in [0, 0.05) is 24.7 Å². The van der Waals surface area contributed by atoms with Gasteiger partial charge in [0.25, 0.3) is 5.91 Å². The van der Waals surface area contributed by atoms with Gasteiger partial charge in [0.2, 0.25) is 10.0 Å². The summed E-state index contributed by atoms with van der Waals surface area (Å²) < 4.78 is 27.7. The van der Waals surface area contributed by atoms with E-state index < -0.39 is 10.0 Å². The summed E-state index contributed by atoms with van der Waals surface area (Å²) in [5, 5.41) is 7.42. The van der Waals surface area contributed by atoms with Gasteiger partial charge in [-0.25, -0.2) is 13.4 Å². The highest BCUT2D eigenvalue weighted by Crippen LogP contribution is 2.40. The van der Waals surface area contributed by atoms with Gasteiger partial charge < -0.3 is 5.32 Å². The monoisotopic (exact) mass is 405 g/mol. The third-order valence-electron chi connectivity index (χ3n) is 4.72. The van der Waals surface area contributed by atoms with Crippen LogP contribution in [0.25, 0.3) is 0 Å². The van der Waals surface area contributed by atoms with E-state index in [-0.39, 0.29) is 24.4 Å². The Labute approximate surface area is 166 Å². The van der Waals surface area contributed by atoms with Crippen LogP contribution in [0, 0.1) is 5.92 Å². The predicted octanol–water partition coefficient (Wildman–Crippen LogP) is 2.16. The number of carbonyl (C=O) groups excluding carboxylic acids is 1. The molecule has 0 bridgehead atoms. The van der Waals surface area contributed by atoms with Crippen LogP contribution in [-0.4, -0.2) is 48.4 Å². The van der Waals surface area contributed by atoms with Crippen LogP contribution >= 0.6 is 0 Å². The van der Waals surface area contributed by atoms with Gasteiger partial charge in [-0.15, -0.1) is 0 Å². The first-order chi connectivity index (χ1) is 13.1. The standard InChI is InChI=1S/C19H27N5O3S/c1-12(2)9-20-19(25)14-6-7-17-15(8-14)16(10-24(17)28(5,26)27)18-21-11-23(22-18)13(3)4/h6-8,11-13,16H,9-10H2,1-5H3,(H,20,25). The molecule has 1 aliphatic heterocycles. The Morgan fingerprint density at radius 1 is 1.29 bits per heavy atom. The number of nitrogens with zero attached hydrogens (tertiary/aromatic N) is 4. The first kappa shape index (κ1) is 20.3. The van der Waals surface area contributed by atoms with Crippen molar-refractivity contribution in [2.75, 3.05) is 23.7 Å². The van der Waals surface area contributed by atoms with Gasteiger partial charge in [-0.1, -0.05) is 13.8 Å². The fourth-order valence-electron chi connectivity index (χ4n) is 3.19. The Morgan fingerprint density at radius 3 is 2.57 bits per heavy atom. The number of fused-ring (bicyclic) bond motifs is 1. The molecule has 1 N–H and O–H groups in total. The van der Waals surface area contributed by atoms with Gasteiger partial charge in [0.1, 0.15) is 6.33 Å². The average molecular weight is 406 g/mol. The Balaban J connectivity index is 2.01. The smallest absolute Gasteiger partial charge is 0.251 e. The molecule has 2 aromatic rings. The summed E-state index contributed by atoms with van der Waals surface area (Å²) in [6.45, 7) is 8.87. The number of amides is 1. The number of benzene rings is 1. The number of hydrogen-bond donors (Lipinski definition) is 1. The highest BCUT2D eigenvalue weighted by molar-refractivity contribution is 7.92. The fraction of sp³-hybridized carbons (Fsp3) is 0.526. The van der Waals surface area contributed by atoms with Crippen LogP contribution < -0.4 is 9.62 Å². The molecule has 0 spiro atoms. The van der Waals surface area contributed by atoms with Gasteiger partial charge in [0.15, 0.2) is 5.82 Å². The van der Waals surface area contributed by atoms with E-state index in [0.717, 1.165) is 5.56 Å². The molecule has 2 heterocycles. The van der Waals surface area contributed by atoms with Crippen LogP contribution in [0.1, 0.15) is 61.4 Å². The molecule has 1 aliphatic rings. The van der Waals surface area contributed by atoms with E-state index in [1.807, 2.05) is 27.7 Å². The molecule has 152 valence electrons. The lowest BCUT2D eigenvalue weighted by Gasteiger charge is -2.16. The molecule has 3 rings (SSSR count). The molecule has 0 fully saturated rings. The minimum atomic E-state index is -3.45. The maximum atomic E-state index is 12.5. The fourth-order valence-corrected chi connectivity index (χ4v) is 4.14. The maximum absolute atomic E-state index is 12.5. The van der Waals surface area contributed by atoms with Crippen molar-refractivity contribution in [3.05, 3.63) is 41.5 Å². The molecular weight excluding hydrogens is 378 g/mol. The zero-order chi connectivity index (χ0) is 20.6. The molecule has 9 heteroatoms. The summed E-state index contributed by atoms with van der Waals surface area (Å²) in [6.07, 6.45) is 2.84. The van der Waals surface area contributed by atoms with E-state index >= 15 is 0 Å². The molecule has 0 saturated carbocycles. The SMILES string of the molecule is CC(C)CNC(=O)c1ccc2c(c1)C(c1ncn(C(C)C)n1)CN2S(C)(=O)=O. The van der Waals surface area contributed by atoms with Crippen LogP contribution in [0.4, 0.5) is 5.69 Å². The molecule has 1 amide bonds. The van der Waals surface area contributed by atoms with Crippen LogP contribution in [-0.2, 0) is 10.0 Å². The third kappa shape index (κ3) is 4.04. The van der Waals surface area contributed by atoms with E-state index in [0.29, 0.717) is 29.5 Å². The molecule has 28 heavy (non-hydrogen) atoms. The average Bonchev–Trinajstić information content (AvgIpc) is 3.23. The van der Waals surface area contributed by atoms with Crippen molar-refractivity contribution in [3.8, 4) is 0 Å². The highest BCUT2D eigenvalue weighted by atomic mass is 32.2. The van der Waals surface area contributed by atoms with E-state index in [4.69, 9.17) is 0 Å². The lowest BCUT2D eigenvalue weighted by Crippen LogP contribution is -2.29. The first-order valence-corrected chi connectivity index (χ1v) is 11.2. The van der Waals surface area contributed by atoms with Crippen molar-refractivity contribution < 1.29 is 13.2 Å². The zero-order valence-corrected chi connectivity index (χ0v) is 17.7. The minimum Gasteiger partial charge on any atom is -0.352 e. The van der Waals surface area contributed by atoms with Crippen LogP contribution in [0.15, 0.2) is 24.5 Å². The third-order valence-corrected chi connectivity index (χ3v) is 5.87. The number of rotatable bonds is 6. The van der Waals surface area contributed by atoms with Crippen molar-refractivity contribution in [1.82, 2.24) is 20.1 Å². The van der Waals surface area contributed by atoms with Crippen molar-refractivity contribution in [2.45, 2.75) is 39.7 Å². The van der Waals surface area contributed by atoms with Crippen LogP contribution in [0.5, 0.6) is 0 Å². The molecular formula is C19H27N5O3S. The molecule has 0 aliphatic carbocycles. The Bertz CT molecular complexity index is 981. The second-order valence-electron chi connectivity index (χ2n) is 7.90. The number of hydrogen-bond acceptors (Lipinski definition) is 5. The number of aromatic nitrogens is 3. The minimum absolute atomic E-state index is 0.154. The molecule has 1 aromatic heterocycles. The lowest BCUT2D eigenvalue weighted by molar-refractivity contribution is 0.0949. The van der Waals surface area contributed by atoms with E-state index in [9.17, 15) is 13.2 Å². The summed E-state index contributed by atoms with van der Waals surface area (Å²) in [7, 11) is -3.45. The van der Waals surface area contributed by atoms with Gasteiger partial charge in [-0.2, -0.15) is 5.10 Å². The quantitative estimate of drug-likeness (QED) is 0.794. The van der Waals surface area contributed by atoms with Gasteiger partial charge >= 0.3 is 0 Å². The molecule has 0 saturated heterocycles. The maximum Gasteiger partial charge on any atom is 0.251 e. The molecule has 1 aromatic carbocycles. The summed E-state index contributed by atoms with van der Waals surface area (Å²) in [5.74, 6) is 0.410. The molecule has 1 unspecified atom stereocenters. The normalized spacial score (nSPS) is 16.7. The Morgan fingerprint density at radius 2 is 2.00 bits per heavy atom. The number of nitrogens with one attached hydrogen (secondary N) is 1. The zero-order valence-electron chi connectivity index (χ0n) is 16.9. The van der Waals surface area contributed by atoms with E-state index in [2.05, 4.69) is 15.4 Å². The van der Waals surface area contributed by atoms with Crippen LogP contribution in [0.2, 0.25) is 0 Å². The number of carbonyl (C=O) groups is 1. The number of sulfonamides is 1. The molecule has 1 atom stereocenters. The summed E-state index contributed by atoms with van der Waals surface area (Å²) in [6, 6.07) is 5.27. The van der Waals surface area contributed by atoms with E-state index in [1.165, 1.54) is 10.6 Å². The van der Waals surface area contributed by atoms with E-state index in [1.54, 1.807) is 29.2 Å². The van der Waals surface area contributed by atoms with Crippen molar-refractivity contribution in [1.29, 1.82) is 0 Å². The Kier molecular flexibility index (Phi) is 5.47. The summed E-state index contributed by atoms with van der Waals surface area (Å²) in [4.78, 5) is 16.9. The van der Waals surface area contributed by atoms with Crippen molar-refractivity contribution in [3.63, 3.8) is 0 Å². The predicted molar refractivity (Wildman–Crippen MR) is 108 cm³/mol. The van der Waals surface area contributed by atoms with Gasteiger partial charge in [-0.3, -0.25) is 13.8 Å². The summed E-state index contributed by atoms with van der Waals surface area (Å²) in [5.41, 5.74) is 1.83. The lowest BCUT2D eigenvalue weighted by atomic mass is 9.98. The molecule has 0 radical (unpaired) electrons. The topological polar surface area (TPSA) is 97.2 Å². The molecule has 8 nitrogen and oxygen atoms in total. The highest BCUT2D eigenvalue weighted by Gasteiger charge is 2.37. The Hall–Kier alpha value is -2.42. The van der Waals surface area contributed by atoms with Crippen LogP contribution in [0.3, 0.4) is 0 Å². The second kappa shape index (κ2) is 7.54. The van der Waals surface area contributed by atoms with Crippen molar-refractivity contribution >= 4 is 21.6 Å². The van der Waals surface area contributed by atoms with Gasteiger partial charge in [0.05, 0.1) is 17.9 Å². The first-order valence-electron chi connectivity index (χ1n) is 9.38. The number of anilines is 1. The second-order valence-corrected chi connectivity index (χ2v) is 9.81. The summed E-state index contributed by atoms with van der Waals surface area (Å²) >= 11 is 0. The largest absolute Gasteiger partial charge is 0.352 e. The van der Waals surface area contributed by atoms with Crippen molar-refractivity contribution in [2.24, 2.45) is 5.92 Å².